The van der Waals surface area contributed by atoms with Crippen molar-refractivity contribution < 1.29 is 17.2 Å². The smallest absolute Gasteiger partial charge is 0.278 e. The minimum absolute atomic E-state index is 0.0337. The van der Waals surface area contributed by atoms with Gasteiger partial charge in [-0.3, -0.25) is 4.79 Å². The van der Waals surface area contributed by atoms with Crippen LogP contribution in [0.15, 0.2) is 15.8 Å². The summed E-state index contributed by atoms with van der Waals surface area (Å²) in [4.78, 5) is 12.2. The van der Waals surface area contributed by atoms with Crippen molar-refractivity contribution in [2.45, 2.75) is 18.2 Å². The third-order valence-electron chi connectivity index (χ3n) is 1.77. The Kier molecular flexibility index (Phi) is 2.91. The lowest BCUT2D eigenvalue weighted by Crippen LogP contribution is -2.24. The van der Waals surface area contributed by atoms with Crippen LogP contribution in [0.25, 0.3) is 0 Å². The first-order valence-corrected chi connectivity index (χ1v) is 5.33. The minimum Gasteiger partial charge on any atom is -0.320 e. The van der Waals surface area contributed by atoms with Gasteiger partial charge >= 0.3 is 0 Å². The topological polar surface area (TPSA) is 93.0 Å². The van der Waals surface area contributed by atoms with Crippen molar-refractivity contribution in [3.8, 4) is 0 Å². The predicted molar refractivity (Wildman–Crippen MR) is 48.1 cm³/mol. The Bertz CT molecular complexity index is 536. The Morgan fingerprint density at radius 1 is 1.47 bits per heavy atom. The fourth-order valence-corrected chi connectivity index (χ4v) is 1.71. The van der Waals surface area contributed by atoms with Gasteiger partial charge in [-0.1, -0.05) is 0 Å². The van der Waals surface area contributed by atoms with Gasteiger partial charge < -0.3 is 4.98 Å². The standard InChI is InChI=1S/C7H8F2N2O3S/c1-3-2-4(15(10,13)14)7(12)11-5(3)6(8)9/h2,6H,1H3,(H,11,12)(H2,10,13,14). The summed E-state index contributed by atoms with van der Waals surface area (Å²) >= 11 is 0. The molecule has 1 rings (SSSR count). The molecule has 0 atom stereocenters. The predicted octanol–water partition coefficient (Wildman–Crippen LogP) is 0.268. The second-order valence-corrected chi connectivity index (χ2v) is 4.43. The van der Waals surface area contributed by atoms with Gasteiger partial charge in [0.05, 0.1) is 5.69 Å². The molecule has 0 amide bonds. The SMILES string of the molecule is Cc1cc(S(N)(=O)=O)c(=O)[nH]c1C(F)F. The van der Waals surface area contributed by atoms with Gasteiger partial charge in [0.1, 0.15) is 4.90 Å². The lowest BCUT2D eigenvalue weighted by molar-refractivity contribution is 0.144. The Morgan fingerprint density at radius 2 is 2.00 bits per heavy atom. The molecule has 0 aliphatic carbocycles. The number of halogens is 2. The number of alkyl halides is 2. The van der Waals surface area contributed by atoms with Gasteiger partial charge in [0.25, 0.3) is 12.0 Å². The van der Waals surface area contributed by atoms with E-state index in [9.17, 15) is 22.0 Å². The summed E-state index contributed by atoms with van der Waals surface area (Å²) in [6.45, 7) is 1.26. The lowest BCUT2D eigenvalue weighted by Gasteiger charge is -2.05. The molecule has 1 aromatic heterocycles. The van der Waals surface area contributed by atoms with Gasteiger partial charge in [-0.25, -0.2) is 22.3 Å². The molecule has 0 saturated heterocycles. The Morgan fingerprint density at radius 3 is 2.40 bits per heavy atom. The molecule has 1 heterocycles. The number of rotatable bonds is 2. The maximum Gasteiger partial charge on any atom is 0.278 e. The monoisotopic (exact) mass is 238 g/mol. The number of hydrogen-bond donors (Lipinski definition) is 2. The maximum absolute atomic E-state index is 12.3. The number of sulfonamides is 1. The summed E-state index contributed by atoms with van der Waals surface area (Å²) in [6.07, 6.45) is -2.87. The van der Waals surface area contributed by atoms with E-state index in [-0.39, 0.29) is 5.56 Å². The first-order chi connectivity index (χ1) is 6.73. The van der Waals surface area contributed by atoms with Gasteiger partial charge in [0.15, 0.2) is 0 Å². The first-order valence-electron chi connectivity index (χ1n) is 3.78. The fourth-order valence-electron chi connectivity index (χ4n) is 1.06. The zero-order chi connectivity index (χ0) is 11.8. The van der Waals surface area contributed by atoms with Crippen molar-refractivity contribution >= 4 is 10.0 Å². The quantitative estimate of drug-likeness (QED) is 0.774. The second-order valence-electron chi connectivity index (χ2n) is 2.91. The summed E-state index contributed by atoms with van der Waals surface area (Å²) in [6, 6.07) is 0.829. The van der Waals surface area contributed by atoms with E-state index in [0.29, 0.717) is 0 Å². The van der Waals surface area contributed by atoms with Crippen molar-refractivity contribution in [3.05, 3.63) is 27.7 Å². The molecule has 0 unspecified atom stereocenters. The summed E-state index contributed by atoms with van der Waals surface area (Å²) in [5, 5.41) is 4.72. The third-order valence-corrected chi connectivity index (χ3v) is 2.69. The molecule has 5 nitrogen and oxygen atoms in total. The summed E-state index contributed by atoms with van der Waals surface area (Å²) in [5.74, 6) is 0. The highest BCUT2D eigenvalue weighted by Crippen LogP contribution is 2.19. The van der Waals surface area contributed by atoms with Gasteiger partial charge in [0, 0.05) is 0 Å². The van der Waals surface area contributed by atoms with E-state index in [1.807, 2.05) is 0 Å². The maximum atomic E-state index is 12.3. The van der Waals surface area contributed by atoms with Crippen LogP contribution in [0.3, 0.4) is 0 Å². The number of nitrogens with one attached hydrogen (secondary N) is 1. The van der Waals surface area contributed by atoms with E-state index in [1.165, 1.54) is 6.92 Å². The highest BCUT2D eigenvalue weighted by atomic mass is 32.2. The number of nitrogens with two attached hydrogens (primary N) is 1. The molecule has 84 valence electrons. The van der Waals surface area contributed by atoms with E-state index in [0.717, 1.165) is 6.07 Å². The number of aromatic amines is 1. The number of H-pyrrole nitrogens is 1. The molecule has 8 heteroatoms. The molecule has 0 bridgehead atoms. The first kappa shape index (κ1) is 11.8. The minimum atomic E-state index is -4.19. The van der Waals surface area contributed by atoms with Crippen molar-refractivity contribution in [3.63, 3.8) is 0 Å². The third kappa shape index (κ3) is 2.39. The van der Waals surface area contributed by atoms with E-state index in [1.54, 1.807) is 4.98 Å². The average molecular weight is 238 g/mol. The fraction of sp³-hybridized carbons (Fsp3) is 0.286. The zero-order valence-electron chi connectivity index (χ0n) is 7.62. The molecule has 0 fully saturated rings. The van der Waals surface area contributed by atoms with Gasteiger partial charge in [-0.05, 0) is 18.6 Å². The van der Waals surface area contributed by atoms with Crippen LogP contribution in [0.4, 0.5) is 8.78 Å². The van der Waals surface area contributed by atoms with Crippen LogP contribution in [-0.2, 0) is 10.0 Å². The molecular weight excluding hydrogens is 230 g/mol. The molecular formula is C7H8F2N2O3S. The van der Waals surface area contributed by atoms with Crippen molar-refractivity contribution in [2.75, 3.05) is 0 Å². The van der Waals surface area contributed by atoms with Crippen molar-refractivity contribution in [2.24, 2.45) is 5.14 Å². The van der Waals surface area contributed by atoms with E-state index in [2.05, 4.69) is 0 Å². The van der Waals surface area contributed by atoms with Crippen LogP contribution < -0.4 is 10.7 Å². The molecule has 0 saturated carbocycles. The van der Waals surface area contributed by atoms with E-state index < -0.39 is 32.6 Å². The average Bonchev–Trinajstić information content (AvgIpc) is 2.06. The molecule has 1 aromatic rings. The molecule has 0 spiro atoms. The van der Waals surface area contributed by atoms with Crippen LogP contribution in [0.5, 0.6) is 0 Å². The number of aryl methyl sites for hydroxylation is 1. The molecule has 15 heavy (non-hydrogen) atoms. The van der Waals surface area contributed by atoms with Gasteiger partial charge in [0.2, 0.25) is 10.0 Å². The Balaban J connectivity index is 3.53. The molecule has 0 aliphatic rings. The second kappa shape index (κ2) is 3.70. The normalized spacial score (nSPS) is 12.1. The summed E-state index contributed by atoms with van der Waals surface area (Å²) < 4.78 is 46.3. The zero-order valence-corrected chi connectivity index (χ0v) is 8.44. The number of hydrogen-bond acceptors (Lipinski definition) is 3. The summed E-state index contributed by atoms with van der Waals surface area (Å²) in [7, 11) is -4.19. The number of aromatic nitrogens is 1. The highest BCUT2D eigenvalue weighted by Gasteiger charge is 2.18. The molecule has 0 aromatic carbocycles. The molecule has 3 N–H and O–H groups in total. The van der Waals surface area contributed by atoms with Crippen LogP contribution in [-0.4, -0.2) is 13.4 Å². The van der Waals surface area contributed by atoms with Gasteiger partial charge in [-0.2, -0.15) is 0 Å². The largest absolute Gasteiger partial charge is 0.320 e. The van der Waals surface area contributed by atoms with Crippen LogP contribution in [0.1, 0.15) is 17.7 Å². The van der Waals surface area contributed by atoms with Crippen LogP contribution >= 0.6 is 0 Å². The van der Waals surface area contributed by atoms with E-state index >= 15 is 0 Å². The van der Waals surface area contributed by atoms with E-state index in [4.69, 9.17) is 5.14 Å². The molecule has 0 radical (unpaired) electrons. The lowest BCUT2D eigenvalue weighted by atomic mass is 10.2. The van der Waals surface area contributed by atoms with Crippen LogP contribution in [0, 0.1) is 6.92 Å². The number of primary sulfonamides is 1. The summed E-state index contributed by atoms with van der Waals surface area (Å²) in [5.41, 5.74) is -1.78. The van der Waals surface area contributed by atoms with Gasteiger partial charge in [-0.15, -0.1) is 0 Å². The van der Waals surface area contributed by atoms with Crippen molar-refractivity contribution in [1.29, 1.82) is 0 Å². The highest BCUT2D eigenvalue weighted by molar-refractivity contribution is 7.89. The van der Waals surface area contributed by atoms with Crippen molar-refractivity contribution in [1.82, 2.24) is 4.98 Å². The Hall–Kier alpha value is -1.28. The van der Waals surface area contributed by atoms with Crippen LogP contribution in [0.2, 0.25) is 0 Å². The number of pyridine rings is 1. The molecule has 0 aliphatic heterocycles. The Labute approximate surface area is 84.0 Å².